The van der Waals surface area contributed by atoms with Crippen molar-refractivity contribution in [2.75, 3.05) is 5.32 Å². The summed E-state index contributed by atoms with van der Waals surface area (Å²) in [6, 6.07) is 24.1. The SMILES string of the molecule is Cc1ccc(NC(=O)C(c2ccccc2C)c2ccccc2C)cc1. The Morgan fingerprint density at radius 3 is 1.68 bits per heavy atom. The van der Waals surface area contributed by atoms with Crippen LogP contribution in [-0.2, 0) is 4.79 Å². The number of rotatable bonds is 4. The van der Waals surface area contributed by atoms with Crippen LogP contribution in [-0.4, -0.2) is 5.91 Å². The predicted octanol–water partition coefficient (Wildman–Crippen LogP) is 5.38. The Morgan fingerprint density at radius 1 is 0.720 bits per heavy atom. The number of carbonyl (C=O) groups excluding carboxylic acids is 1. The Morgan fingerprint density at radius 2 is 1.20 bits per heavy atom. The Balaban J connectivity index is 2.02. The first-order chi connectivity index (χ1) is 12.1. The summed E-state index contributed by atoms with van der Waals surface area (Å²) in [5.74, 6) is -0.337. The molecule has 0 aliphatic heterocycles. The van der Waals surface area contributed by atoms with Crippen LogP contribution in [0.2, 0.25) is 0 Å². The molecule has 0 bridgehead atoms. The molecule has 1 N–H and O–H groups in total. The standard InChI is InChI=1S/C23H23NO/c1-16-12-14-19(15-13-16)24-23(25)22(20-10-6-4-8-17(20)2)21-11-7-5-9-18(21)3/h4-15,22H,1-3H3,(H,24,25). The molecule has 0 heterocycles. The zero-order valence-electron chi connectivity index (χ0n) is 14.9. The van der Waals surface area contributed by atoms with Crippen LogP contribution >= 0.6 is 0 Å². The highest BCUT2D eigenvalue weighted by Gasteiger charge is 2.25. The van der Waals surface area contributed by atoms with E-state index in [0.717, 1.165) is 27.9 Å². The minimum atomic E-state index is -0.330. The Kier molecular flexibility index (Phi) is 4.99. The molecule has 0 atom stereocenters. The number of aryl methyl sites for hydroxylation is 3. The summed E-state index contributed by atoms with van der Waals surface area (Å²) in [5.41, 5.74) is 6.32. The molecule has 3 aromatic rings. The molecule has 0 aliphatic rings. The zero-order valence-corrected chi connectivity index (χ0v) is 14.9. The number of hydrogen-bond acceptors (Lipinski definition) is 1. The van der Waals surface area contributed by atoms with Crippen LogP contribution < -0.4 is 5.32 Å². The molecule has 0 spiro atoms. The number of anilines is 1. The van der Waals surface area contributed by atoms with Crippen molar-refractivity contribution in [3.05, 3.63) is 101 Å². The number of amides is 1. The lowest BCUT2D eigenvalue weighted by atomic mass is 9.85. The van der Waals surface area contributed by atoms with Crippen LogP contribution in [0.5, 0.6) is 0 Å². The van der Waals surface area contributed by atoms with Gasteiger partial charge in [-0.3, -0.25) is 4.79 Å². The van der Waals surface area contributed by atoms with E-state index < -0.39 is 0 Å². The monoisotopic (exact) mass is 329 g/mol. The molecule has 0 aromatic heterocycles. The second-order valence-corrected chi connectivity index (χ2v) is 6.50. The minimum absolute atomic E-state index is 0.00699. The van der Waals surface area contributed by atoms with Gasteiger partial charge < -0.3 is 5.32 Å². The van der Waals surface area contributed by atoms with Crippen molar-refractivity contribution in [1.29, 1.82) is 0 Å². The van der Waals surface area contributed by atoms with E-state index in [0.29, 0.717) is 0 Å². The Bertz CT molecular complexity index is 835. The van der Waals surface area contributed by atoms with Crippen LogP contribution in [0.15, 0.2) is 72.8 Å². The molecule has 1 amide bonds. The molecule has 3 aromatic carbocycles. The van der Waals surface area contributed by atoms with Crippen molar-refractivity contribution in [2.45, 2.75) is 26.7 Å². The van der Waals surface area contributed by atoms with Gasteiger partial charge in [-0.1, -0.05) is 66.2 Å². The van der Waals surface area contributed by atoms with Crippen molar-refractivity contribution < 1.29 is 4.79 Å². The summed E-state index contributed by atoms with van der Waals surface area (Å²) in [5, 5.41) is 3.08. The van der Waals surface area contributed by atoms with Gasteiger partial charge in [-0.25, -0.2) is 0 Å². The maximum Gasteiger partial charge on any atom is 0.236 e. The second kappa shape index (κ2) is 7.35. The molecule has 2 heteroatoms. The van der Waals surface area contributed by atoms with Crippen LogP contribution in [0.4, 0.5) is 5.69 Å². The van der Waals surface area contributed by atoms with Gasteiger partial charge in [-0.05, 0) is 55.2 Å². The van der Waals surface area contributed by atoms with Gasteiger partial charge in [0.1, 0.15) is 0 Å². The highest BCUT2D eigenvalue weighted by Crippen LogP contribution is 2.30. The van der Waals surface area contributed by atoms with Crippen LogP contribution in [0.3, 0.4) is 0 Å². The van der Waals surface area contributed by atoms with E-state index in [1.165, 1.54) is 5.56 Å². The molecule has 3 rings (SSSR count). The van der Waals surface area contributed by atoms with E-state index in [-0.39, 0.29) is 11.8 Å². The third-order valence-electron chi connectivity index (χ3n) is 4.58. The normalized spacial score (nSPS) is 10.7. The topological polar surface area (TPSA) is 29.1 Å². The quantitative estimate of drug-likeness (QED) is 0.684. The van der Waals surface area contributed by atoms with E-state index in [1.54, 1.807) is 0 Å². The van der Waals surface area contributed by atoms with Crippen molar-refractivity contribution in [1.82, 2.24) is 0 Å². The first kappa shape index (κ1) is 17.0. The van der Waals surface area contributed by atoms with E-state index in [4.69, 9.17) is 0 Å². The highest BCUT2D eigenvalue weighted by atomic mass is 16.1. The van der Waals surface area contributed by atoms with E-state index >= 15 is 0 Å². The summed E-state index contributed by atoms with van der Waals surface area (Å²) in [7, 11) is 0. The van der Waals surface area contributed by atoms with Crippen molar-refractivity contribution >= 4 is 11.6 Å². The minimum Gasteiger partial charge on any atom is -0.325 e. The maximum absolute atomic E-state index is 13.2. The van der Waals surface area contributed by atoms with E-state index in [2.05, 4.69) is 31.3 Å². The fraction of sp³-hybridized carbons (Fsp3) is 0.174. The zero-order chi connectivity index (χ0) is 17.8. The van der Waals surface area contributed by atoms with Crippen LogP contribution in [0.1, 0.15) is 33.7 Å². The molecule has 0 aliphatic carbocycles. The smallest absolute Gasteiger partial charge is 0.236 e. The molecular weight excluding hydrogens is 306 g/mol. The summed E-state index contributed by atoms with van der Waals surface area (Å²) >= 11 is 0. The number of benzene rings is 3. The Hall–Kier alpha value is -2.87. The molecule has 25 heavy (non-hydrogen) atoms. The summed E-state index contributed by atoms with van der Waals surface area (Å²) < 4.78 is 0. The van der Waals surface area contributed by atoms with E-state index in [9.17, 15) is 4.79 Å². The first-order valence-electron chi connectivity index (χ1n) is 8.55. The van der Waals surface area contributed by atoms with Gasteiger partial charge in [0.2, 0.25) is 5.91 Å². The lowest BCUT2D eigenvalue weighted by Gasteiger charge is -2.21. The molecular formula is C23H23NO. The van der Waals surface area contributed by atoms with Gasteiger partial charge in [0.15, 0.2) is 0 Å². The molecule has 0 saturated carbocycles. The lowest BCUT2D eigenvalue weighted by molar-refractivity contribution is -0.116. The van der Waals surface area contributed by atoms with Gasteiger partial charge in [-0.2, -0.15) is 0 Å². The summed E-state index contributed by atoms with van der Waals surface area (Å²) in [4.78, 5) is 13.2. The van der Waals surface area contributed by atoms with Gasteiger partial charge >= 0.3 is 0 Å². The van der Waals surface area contributed by atoms with Gasteiger partial charge in [0.25, 0.3) is 0 Å². The summed E-state index contributed by atoms with van der Waals surface area (Å²) in [6.45, 7) is 6.15. The van der Waals surface area contributed by atoms with Gasteiger partial charge in [-0.15, -0.1) is 0 Å². The molecule has 126 valence electrons. The molecule has 0 fully saturated rings. The maximum atomic E-state index is 13.2. The largest absolute Gasteiger partial charge is 0.325 e. The second-order valence-electron chi connectivity index (χ2n) is 6.50. The number of nitrogens with one attached hydrogen (secondary N) is 1. The van der Waals surface area contributed by atoms with E-state index in [1.807, 2.05) is 67.6 Å². The van der Waals surface area contributed by atoms with Gasteiger partial charge in [0.05, 0.1) is 5.92 Å². The number of carbonyl (C=O) groups is 1. The summed E-state index contributed by atoms with van der Waals surface area (Å²) in [6.07, 6.45) is 0. The Labute approximate surface area is 149 Å². The van der Waals surface area contributed by atoms with Crippen molar-refractivity contribution in [3.63, 3.8) is 0 Å². The fourth-order valence-corrected chi connectivity index (χ4v) is 3.12. The third kappa shape index (κ3) is 3.80. The highest BCUT2D eigenvalue weighted by molar-refractivity contribution is 5.98. The van der Waals surface area contributed by atoms with Crippen molar-refractivity contribution in [3.8, 4) is 0 Å². The average molecular weight is 329 g/mol. The van der Waals surface area contributed by atoms with Gasteiger partial charge in [0, 0.05) is 5.69 Å². The van der Waals surface area contributed by atoms with Crippen LogP contribution in [0, 0.1) is 20.8 Å². The first-order valence-corrected chi connectivity index (χ1v) is 8.55. The molecule has 0 saturated heterocycles. The molecule has 0 unspecified atom stereocenters. The fourth-order valence-electron chi connectivity index (χ4n) is 3.12. The predicted molar refractivity (Wildman–Crippen MR) is 104 cm³/mol. The average Bonchev–Trinajstić information content (AvgIpc) is 2.60. The number of hydrogen-bond donors (Lipinski definition) is 1. The lowest BCUT2D eigenvalue weighted by Crippen LogP contribution is -2.23. The van der Waals surface area contributed by atoms with Crippen LogP contribution in [0.25, 0.3) is 0 Å². The molecule has 0 radical (unpaired) electrons. The molecule has 2 nitrogen and oxygen atoms in total. The third-order valence-corrected chi connectivity index (χ3v) is 4.58. The van der Waals surface area contributed by atoms with Crippen molar-refractivity contribution in [2.24, 2.45) is 0 Å².